The summed E-state index contributed by atoms with van der Waals surface area (Å²) in [6.45, 7) is 6.21. The average molecular weight is 329 g/mol. The molecule has 22 heavy (non-hydrogen) atoms. The molecule has 1 aromatic rings. The van der Waals surface area contributed by atoms with Crippen molar-refractivity contribution in [3.05, 3.63) is 29.8 Å². The van der Waals surface area contributed by atoms with Crippen molar-refractivity contribution >= 4 is 18.3 Å². The number of carbonyl (C=O) groups is 1. The van der Waals surface area contributed by atoms with Gasteiger partial charge in [-0.3, -0.25) is 4.79 Å². The number of amides is 1. The van der Waals surface area contributed by atoms with E-state index in [9.17, 15) is 4.79 Å². The van der Waals surface area contributed by atoms with E-state index in [-0.39, 0.29) is 30.4 Å². The quantitative estimate of drug-likeness (QED) is 0.768. The lowest BCUT2D eigenvalue weighted by Gasteiger charge is -2.23. The zero-order valence-corrected chi connectivity index (χ0v) is 14.8. The Morgan fingerprint density at radius 3 is 2.45 bits per heavy atom. The summed E-state index contributed by atoms with van der Waals surface area (Å²) in [6.07, 6.45) is 2.04. The van der Waals surface area contributed by atoms with Crippen LogP contribution in [0.25, 0.3) is 0 Å². The highest BCUT2D eigenvalue weighted by atomic mass is 35.5. The van der Waals surface area contributed by atoms with Gasteiger partial charge in [0.1, 0.15) is 5.75 Å². The maximum atomic E-state index is 12.1. The third-order valence-electron chi connectivity index (χ3n) is 3.38. The summed E-state index contributed by atoms with van der Waals surface area (Å²) in [7, 11) is 1.66. The van der Waals surface area contributed by atoms with Crippen molar-refractivity contribution in [2.75, 3.05) is 7.11 Å². The smallest absolute Gasteiger partial charge is 0.220 e. The fourth-order valence-corrected chi connectivity index (χ4v) is 2.31. The minimum atomic E-state index is -0.0262. The van der Waals surface area contributed by atoms with Crippen molar-refractivity contribution in [2.24, 2.45) is 11.7 Å². The molecule has 0 saturated heterocycles. The van der Waals surface area contributed by atoms with Crippen molar-refractivity contribution in [1.29, 1.82) is 0 Å². The largest absolute Gasteiger partial charge is 0.496 e. The number of rotatable bonds is 8. The fraction of sp³-hybridized carbons (Fsp3) is 0.588. The van der Waals surface area contributed by atoms with Gasteiger partial charge in [0.2, 0.25) is 5.91 Å². The summed E-state index contributed by atoms with van der Waals surface area (Å²) in [5, 5.41) is 3.12. The molecular formula is C17H29ClN2O2. The van der Waals surface area contributed by atoms with Gasteiger partial charge in [0.25, 0.3) is 0 Å². The van der Waals surface area contributed by atoms with Gasteiger partial charge in [0.05, 0.1) is 13.2 Å². The molecule has 2 atom stereocenters. The zero-order valence-electron chi connectivity index (χ0n) is 14.0. The predicted octanol–water partition coefficient (Wildman–Crippen LogP) is 3.45. The first kappa shape index (κ1) is 20.7. The van der Waals surface area contributed by atoms with E-state index < -0.39 is 0 Å². The van der Waals surface area contributed by atoms with Crippen molar-refractivity contribution in [2.45, 2.75) is 52.1 Å². The first-order valence-corrected chi connectivity index (χ1v) is 7.61. The van der Waals surface area contributed by atoms with Gasteiger partial charge in [0.15, 0.2) is 0 Å². The van der Waals surface area contributed by atoms with Crippen LogP contribution in [0.5, 0.6) is 5.75 Å². The van der Waals surface area contributed by atoms with E-state index in [4.69, 9.17) is 10.5 Å². The van der Waals surface area contributed by atoms with Gasteiger partial charge in [-0.15, -0.1) is 12.4 Å². The molecule has 0 radical (unpaired) electrons. The maximum absolute atomic E-state index is 12.1. The molecule has 0 saturated carbocycles. The Labute approximate surface area is 140 Å². The first-order valence-electron chi connectivity index (χ1n) is 7.61. The molecule has 0 spiro atoms. The summed E-state index contributed by atoms with van der Waals surface area (Å²) in [6, 6.07) is 7.87. The third kappa shape index (κ3) is 7.14. The molecule has 1 rings (SSSR count). The second-order valence-corrected chi connectivity index (χ2v) is 6.01. The summed E-state index contributed by atoms with van der Waals surface area (Å²) < 4.78 is 5.42. The first-order chi connectivity index (χ1) is 9.93. The monoisotopic (exact) mass is 328 g/mol. The van der Waals surface area contributed by atoms with Gasteiger partial charge in [-0.05, 0) is 31.7 Å². The maximum Gasteiger partial charge on any atom is 0.220 e. The topological polar surface area (TPSA) is 64.3 Å². The van der Waals surface area contributed by atoms with Gasteiger partial charge in [0, 0.05) is 18.0 Å². The molecule has 3 N–H and O–H groups in total. The predicted molar refractivity (Wildman–Crippen MR) is 93.5 cm³/mol. The van der Waals surface area contributed by atoms with Crippen LogP contribution in [0, 0.1) is 5.92 Å². The molecule has 2 unspecified atom stereocenters. The third-order valence-corrected chi connectivity index (χ3v) is 3.38. The summed E-state index contributed by atoms with van der Waals surface area (Å²) in [5.74, 6) is 1.34. The lowest BCUT2D eigenvalue weighted by molar-refractivity contribution is -0.122. The summed E-state index contributed by atoms with van der Waals surface area (Å²) in [5.41, 5.74) is 6.74. The zero-order chi connectivity index (χ0) is 15.8. The molecule has 4 nitrogen and oxygen atoms in total. The highest BCUT2D eigenvalue weighted by Crippen LogP contribution is 2.29. The van der Waals surface area contributed by atoms with Crippen LogP contribution in [-0.2, 0) is 4.79 Å². The molecule has 1 aromatic carbocycles. The number of hydrogen-bond acceptors (Lipinski definition) is 3. The SMILES string of the molecule is COc1ccccc1C(CC(C)C)NC(=O)CCC(C)N.Cl. The number of methoxy groups -OCH3 is 1. The van der Waals surface area contributed by atoms with Gasteiger partial charge in [-0.25, -0.2) is 0 Å². The van der Waals surface area contributed by atoms with Crippen LogP contribution in [0.1, 0.15) is 51.6 Å². The standard InChI is InChI=1S/C17H28N2O2.ClH/c1-12(2)11-15(19-17(20)10-9-13(3)18)14-7-5-6-8-16(14)21-4;/h5-8,12-13,15H,9-11,18H2,1-4H3,(H,19,20);1H. The molecule has 0 aliphatic heterocycles. The number of carbonyl (C=O) groups excluding carboxylic acids is 1. The number of benzene rings is 1. The van der Waals surface area contributed by atoms with Crippen molar-refractivity contribution in [3.8, 4) is 5.75 Å². The highest BCUT2D eigenvalue weighted by molar-refractivity contribution is 5.85. The molecule has 0 heterocycles. The van der Waals surface area contributed by atoms with Crippen molar-refractivity contribution in [1.82, 2.24) is 5.32 Å². The molecule has 0 aliphatic carbocycles. The normalized spacial score (nSPS) is 13.2. The molecular weight excluding hydrogens is 300 g/mol. The van der Waals surface area contributed by atoms with Crippen LogP contribution in [0.15, 0.2) is 24.3 Å². The highest BCUT2D eigenvalue weighted by Gasteiger charge is 2.19. The van der Waals surface area contributed by atoms with Gasteiger partial charge in [-0.1, -0.05) is 32.0 Å². The van der Waals surface area contributed by atoms with Crippen LogP contribution in [0.4, 0.5) is 0 Å². The summed E-state index contributed by atoms with van der Waals surface area (Å²) in [4.78, 5) is 12.1. The molecule has 5 heteroatoms. The van der Waals surface area contributed by atoms with Gasteiger partial charge >= 0.3 is 0 Å². The number of halogens is 1. The lowest BCUT2D eigenvalue weighted by atomic mass is 9.96. The Bertz CT molecular complexity index is 450. The van der Waals surface area contributed by atoms with E-state index in [1.165, 1.54) is 0 Å². The second kappa shape index (κ2) is 10.5. The van der Waals surface area contributed by atoms with Crippen molar-refractivity contribution < 1.29 is 9.53 Å². The Morgan fingerprint density at radius 1 is 1.27 bits per heavy atom. The fourth-order valence-electron chi connectivity index (χ4n) is 2.31. The van der Waals surface area contributed by atoms with Gasteiger partial charge in [-0.2, -0.15) is 0 Å². The van der Waals surface area contributed by atoms with E-state index in [2.05, 4.69) is 19.2 Å². The second-order valence-electron chi connectivity index (χ2n) is 6.01. The Morgan fingerprint density at radius 2 is 1.91 bits per heavy atom. The average Bonchev–Trinajstić information content (AvgIpc) is 2.44. The molecule has 0 bridgehead atoms. The summed E-state index contributed by atoms with van der Waals surface area (Å²) >= 11 is 0. The Kier molecular flexibility index (Phi) is 9.86. The minimum Gasteiger partial charge on any atom is -0.496 e. The van der Waals surface area contributed by atoms with E-state index in [0.29, 0.717) is 18.8 Å². The number of ether oxygens (including phenoxy) is 1. The van der Waals surface area contributed by atoms with E-state index >= 15 is 0 Å². The van der Waals surface area contributed by atoms with Crippen molar-refractivity contribution in [3.63, 3.8) is 0 Å². The van der Waals surface area contributed by atoms with E-state index in [0.717, 1.165) is 17.7 Å². The minimum absolute atomic E-state index is 0. The molecule has 0 aromatic heterocycles. The van der Waals surface area contributed by atoms with Crippen LogP contribution in [-0.4, -0.2) is 19.1 Å². The van der Waals surface area contributed by atoms with Gasteiger partial charge < -0.3 is 15.8 Å². The van der Waals surface area contributed by atoms with E-state index in [1.54, 1.807) is 7.11 Å². The van der Waals surface area contributed by atoms with Crippen LogP contribution in [0.3, 0.4) is 0 Å². The van der Waals surface area contributed by atoms with Crippen LogP contribution < -0.4 is 15.8 Å². The molecule has 0 aliphatic rings. The van der Waals surface area contributed by atoms with E-state index in [1.807, 2.05) is 31.2 Å². The lowest BCUT2D eigenvalue weighted by Crippen LogP contribution is -2.31. The Balaban J connectivity index is 0.00000441. The number of nitrogens with two attached hydrogens (primary N) is 1. The number of nitrogens with one attached hydrogen (secondary N) is 1. The van der Waals surface area contributed by atoms with Crippen LogP contribution >= 0.6 is 12.4 Å². The Hall–Kier alpha value is -1.26. The molecule has 1 amide bonds. The molecule has 126 valence electrons. The van der Waals surface area contributed by atoms with Crippen LogP contribution in [0.2, 0.25) is 0 Å². The number of para-hydroxylation sites is 1. The number of hydrogen-bond donors (Lipinski definition) is 2. The molecule has 0 fully saturated rings.